The highest BCUT2D eigenvalue weighted by molar-refractivity contribution is 5.95. The molecule has 3 nitrogen and oxygen atoms in total. The van der Waals surface area contributed by atoms with Crippen LogP contribution in [-0.2, 0) is 0 Å². The monoisotopic (exact) mass is 216 g/mol. The highest BCUT2D eigenvalue weighted by atomic mass is 16.1. The molecule has 1 aromatic rings. The molecule has 0 saturated carbocycles. The predicted octanol–water partition coefficient (Wildman–Crippen LogP) is 1.80. The summed E-state index contributed by atoms with van der Waals surface area (Å²) in [5.74, 6) is 2.38. The highest BCUT2D eigenvalue weighted by Gasteiger charge is 2.10. The lowest BCUT2D eigenvalue weighted by atomic mass is 10.1. The number of anilines is 1. The molecule has 84 valence electrons. The van der Waals surface area contributed by atoms with Crippen molar-refractivity contribution in [2.24, 2.45) is 0 Å². The first-order chi connectivity index (χ1) is 7.67. The smallest absolute Gasteiger partial charge is 0.252 e. The molecule has 0 fully saturated rings. The lowest BCUT2D eigenvalue weighted by Crippen LogP contribution is -2.33. The molecule has 0 heterocycles. The van der Waals surface area contributed by atoms with E-state index in [1.165, 1.54) is 0 Å². The molecule has 0 aromatic heterocycles. The summed E-state index contributed by atoms with van der Waals surface area (Å²) in [5, 5.41) is 2.78. The number of amides is 1. The summed E-state index contributed by atoms with van der Waals surface area (Å²) in [6.45, 7) is 2.02. The van der Waals surface area contributed by atoms with Crippen molar-refractivity contribution in [3.63, 3.8) is 0 Å². The Morgan fingerprint density at radius 2 is 2.38 bits per heavy atom. The topological polar surface area (TPSA) is 55.1 Å². The Labute approximate surface area is 96.0 Å². The Kier molecular flexibility index (Phi) is 4.41. The fourth-order valence-electron chi connectivity index (χ4n) is 1.41. The Morgan fingerprint density at radius 1 is 1.62 bits per heavy atom. The van der Waals surface area contributed by atoms with E-state index < -0.39 is 0 Å². The quantitative estimate of drug-likeness (QED) is 0.595. The average molecular weight is 216 g/mol. The van der Waals surface area contributed by atoms with E-state index in [0.717, 1.165) is 12.8 Å². The summed E-state index contributed by atoms with van der Waals surface area (Å²) in [4.78, 5) is 11.8. The molecule has 3 heteroatoms. The Balaban J connectivity index is 2.69. The van der Waals surface area contributed by atoms with Crippen molar-refractivity contribution in [1.29, 1.82) is 0 Å². The number of nitrogens with one attached hydrogen (secondary N) is 1. The van der Waals surface area contributed by atoms with Crippen molar-refractivity contribution in [3.05, 3.63) is 29.8 Å². The normalized spacial score (nSPS) is 11.5. The van der Waals surface area contributed by atoms with Crippen molar-refractivity contribution >= 4 is 11.6 Å². The van der Waals surface area contributed by atoms with Crippen molar-refractivity contribution < 1.29 is 4.79 Å². The van der Waals surface area contributed by atoms with Gasteiger partial charge in [0, 0.05) is 11.3 Å². The summed E-state index contributed by atoms with van der Waals surface area (Å²) in [5.41, 5.74) is 6.71. The molecular weight excluding hydrogens is 200 g/mol. The summed E-state index contributed by atoms with van der Waals surface area (Å²) in [6, 6.07) is 6.62. The largest absolute Gasteiger partial charge is 0.399 e. The average Bonchev–Trinajstić information content (AvgIpc) is 2.28. The molecule has 1 atom stereocenters. The lowest BCUT2D eigenvalue weighted by Gasteiger charge is -2.12. The molecule has 16 heavy (non-hydrogen) atoms. The second-order valence-corrected chi connectivity index (χ2v) is 3.61. The fourth-order valence-corrected chi connectivity index (χ4v) is 1.41. The minimum atomic E-state index is -0.209. The molecule has 0 aliphatic heterocycles. The van der Waals surface area contributed by atoms with Crippen molar-refractivity contribution in [1.82, 2.24) is 5.32 Å². The molecule has 3 N–H and O–H groups in total. The van der Waals surface area contributed by atoms with Crippen LogP contribution in [-0.4, -0.2) is 11.9 Å². The van der Waals surface area contributed by atoms with E-state index >= 15 is 0 Å². The SMILES string of the molecule is C#CC(CCC)NC(=O)c1cccc(N)c1. The number of nitrogens with two attached hydrogens (primary N) is 1. The summed E-state index contributed by atoms with van der Waals surface area (Å²) < 4.78 is 0. The van der Waals surface area contributed by atoms with Gasteiger partial charge in [-0.25, -0.2) is 0 Å². The molecule has 1 rings (SSSR count). The second-order valence-electron chi connectivity index (χ2n) is 3.61. The predicted molar refractivity (Wildman–Crippen MR) is 65.8 cm³/mol. The molecule has 1 unspecified atom stereocenters. The lowest BCUT2D eigenvalue weighted by molar-refractivity contribution is 0.0944. The van der Waals surface area contributed by atoms with Gasteiger partial charge in [0.25, 0.3) is 5.91 Å². The number of rotatable bonds is 4. The van der Waals surface area contributed by atoms with E-state index in [1.807, 2.05) is 6.92 Å². The number of carbonyl (C=O) groups is 1. The van der Waals surface area contributed by atoms with Crippen LogP contribution in [0.3, 0.4) is 0 Å². The van der Waals surface area contributed by atoms with E-state index in [-0.39, 0.29) is 11.9 Å². The van der Waals surface area contributed by atoms with Crippen LogP contribution in [0.2, 0.25) is 0 Å². The first-order valence-corrected chi connectivity index (χ1v) is 5.30. The Hall–Kier alpha value is -1.95. The van der Waals surface area contributed by atoms with E-state index in [2.05, 4.69) is 11.2 Å². The number of hydrogen-bond acceptors (Lipinski definition) is 2. The Bertz CT molecular complexity index is 407. The third-order valence-corrected chi connectivity index (χ3v) is 2.23. The molecule has 0 spiro atoms. The van der Waals surface area contributed by atoms with Gasteiger partial charge >= 0.3 is 0 Å². The third kappa shape index (κ3) is 3.32. The van der Waals surface area contributed by atoms with Crippen molar-refractivity contribution in [2.75, 3.05) is 5.73 Å². The van der Waals surface area contributed by atoms with Crippen LogP contribution in [0.15, 0.2) is 24.3 Å². The van der Waals surface area contributed by atoms with Gasteiger partial charge < -0.3 is 11.1 Å². The van der Waals surface area contributed by atoms with E-state index in [1.54, 1.807) is 24.3 Å². The molecule has 0 aliphatic rings. The number of nitrogen functional groups attached to an aromatic ring is 1. The van der Waals surface area contributed by atoms with Gasteiger partial charge in [-0.2, -0.15) is 0 Å². The van der Waals surface area contributed by atoms with Gasteiger partial charge in [-0.15, -0.1) is 6.42 Å². The van der Waals surface area contributed by atoms with Crippen LogP contribution in [0.4, 0.5) is 5.69 Å². The van der Waals surface area contributed by atoms with Gasteiger partial charge in [-0.05, 0) is 24.6 Å². The molecule has 0 aliphatic carbocycles. The molecule has 1 aromatic carbocycles. The van der Waals surface area contributed by atoms with Gasteiger partial charge in [0.15, 0.2) is 0 Å². The molecular formula is C13H16N2O. The highest BCUT2D eigenvalue weighted by Crippen LogP contribution is 2.07. The van der Waals surface area contributed by atoms with Crippen LogP contribution >= 0.6 is 0 Å². The standard InChI is InChI=1S/C13H16N2O/c1-3-6-12(4-2)15-13(16)10-7-5-8-11(14)9-10/h2,5,7-9,12H,3,6,14H2,1H3,(H,15,16). The Morgan fingerprint density at radius 3 is 2.94 bits per heavy atom. The first-order valence-electron chi connectivity index (χ1n) is 5.30. The zero-order valence-corrected chi connectivity index (χ0v) is 9.36. The van der Waals surface area contributed by atoms with Crippen LogP contribution in [0.25, 0.3) is 0 Å². The second kappa shape index (κ2) is 5.82. The van der Waals surface area contributed by atoms with Gasteiger partial charge in [0.1, 0.15) is 0 Å². The summed E-state index contributed by atoms with van der Waals surface area (Å²) >= 11 is 0. The number of benzene rings is 1. The number of hydrogen-bond donors (Lipinski definition) is 2. The zero-order valence-electron chi connectivity index (χ0n) is 9.36. The molecule has 0 saturated heterocycles. The van der Waals surface area contributed by atoms with E-state index in [4.69, 9.17) is 12.2 Å². The van der Waals surface area contributed by atoms with Gasteiger partial charge in [0.2, 0.25) is 0 Å². The molecule has 1 amide bonds. The third-order valence-electron chi connectivity index (χ3n) is 2.23. The maximum absolute atomic E-state index is 11.8. The van der Waals surface area contributed by atoms with Crippen LogP contribution < -0.4 is 11.1 Å². The minimum Gasteiger partial charge on any atom is -0.399 e. The number of carbonyl (C=O) groups excluding carboxylic acids is 1. The maximum Gasteiger partial charge on any atom is 0.252 e. The minimum absolute atomic E-state index is 0.177. The molecule has 0 bridgehead atoms. The van der Waals surface area contributed by atoms with Gasteiger partial charge in [-0.1, -0.05) is 25.3 Å². The molecule has 0 radical (unpaired) electrons. The number of terminal acetylenes is 1. The van der Waals surface area contributed by atoms with Crippen LogP contribution in [0, 0.1) is 12.3 Å². The summed E-state index contributed by atoms with van der Waals surface area (Å²) in [7, 11) is 0. The fraction of sp³-hybridized carbons (Fsp3) is 0.308. The maximum atomic E-state index is 11.8. The van der Waals surface area contributed by atoms with E-state index in [0.29, 0.717) is 11.3 Å². The summed E-state index contributed by atoms with van der Waals surface area (Å²) in [6.07, 6.45) is 7.04. The van der Waals surface area contributed by atoms with Crippen molar-refractivity contribution in [3.8, 4) is 12.3 Å². The van der Waals surface area contributed by atoms with Crippen molar-refractivity contribution in [2.45, 2.75) is 25.8 Å². The van der Waals surface area contributed by atoms with Gasteiger partial charge in [0.05, 0.1) is 6.04 Å². The van der Waals surface area contributed by atoms with E-state index in [9.17, 15) is 4.79 Å². The van der Waals surface area contributed by atoms with Gasteiger partial charge in [-0.3, -0.25) is 4.79 Å². The van der Waals surface area contributed by atoms with Crippen LogP contribution in [0.5, 0.6) is 0 Å². The first kappa shape index (κ1) is 12.1. The van der Waals surface area contributed by atoms with Crippen LogP contribution in [0.1, 0.15) is 30.1 Å². The zero-order chi connectivity index (χ0) is 12.0.